The average Bonchev–Trinajstić information content (AvgIpc) is 2.61. The number of anilines is 1. The van der Waals surface area contributed by atoms with Gasteiger partial charge in [-0.3, -0.25) is 0 Å². The topological polar surface area (TPSA) is 72.5 Å². The predicted molar refractivity (Wildman–Crippen MR) is 89.7 cm³/mol. The molecule has 0 saturated carbocycles. The number of fused-ring (bicyclic) bond motifs is 1. The van der Waals surface area contributed by atoms with Gasteiger partial charge in [-0.2, -0.15) is 10.5 Å². The first-order valence-electron chi connectivity index (χ1n) is 7.28. The van der Waals surface area contributed by atoms with Gasteiger partial charge in [-0.1, -0.05) is 30.3 Å². The lowest BCUT2D eigenvalue weighted by molar-refractivity contribution is 0.886. The summed E-state index contributed by atoms with van der Waals surface area (Å²) in [6, 6.07) is 21.2. The third-order valence-corrected chi connectivity index (χ3v) is 3.74. The van der Waals surface area contributed by atoms with E-state index >= 15 is 0 Å². The molecule has 0 saturated heterocycles. The first kappa shape index (κ1) is 14.6. The van der Waals surface area contributed by atoms with Crippen LogP contribution in [0.2, 0.25) is 0 Å². The van der Waals surface area contributed by atoms with Crippen molar-refractivity contribution >= 4 is 16.6 Å². The van der Waals surface area contributed by atoms with Crippen LogP contribution in [-0.2, 0) is 0 Å². The van der Waals surface area contributed by atoms with Crippen LogP contribution in [0.25, 0.3) is 10.9 Å². The lowest BCUT2D eigenvalue weighted by Gasteiger charge is -2.17. The highest BCUT2D eigenvalue weighted by molar-refractivity contribution is 5.91. The number of nitrogens with one attached hydrogen (secondary N) is 1. The SMILES string of the molecule is CC(Nc1cc(C#N)nc2ccccc12)c1ccc(C#N)cc1. The molecule has 3 aromatic rings. The zero-order valence-corrected chi connectivity index (χ0v) is 12.6. The fraction of sp³-hybridized carbons (Fsp3) is 0.105. The van der Waals surface area contributed by atoms with Gasteiger partial charge in [0.1, 0.15) is 11.8 Å². The van der Waals surface area contributed by atoms with E-state index in [9.17, 15) is 0 Å². The van der Waals surface area contributed by atoms with Crippen molar-refractivity contribution in [2.24, 2.45) is 0 Å². The Morgan fingerprint density at radius 2 is 1.74 bits per heavy atom. The van der Waals surface area contributed by atoms with Crippen molar-refractivity contribution in [3.8, 4) is 12.1 Å². The van der Waals surface area contributed by atoms with E-state index in [1.807, 2.05) is 43.3 Å². The summed E-state index contributed by atoms with van der Waals surface area (Å²) in [4.78, 5) is 4.32. The van der Waals surface area contributed by atoms with Gasteiger partial charge in [0.25, 0.3) is 0 Å². The maximum atomic E-state index is 9.16. The van der Waals surface area contributed by atoms with Crippen LogP contribution in [0.1, 0.15) is 29.8 Å². The highest BCUT2D eigenvalue weighted by atomic mass is 14.9. The predicted octanol–water partition coefficient (Wildman–Crippen LogP) is 4.15. The number of hydrogen-bond acceptors (Lipinski definition) is 4. The Morgan fingerprint density at radius 3 is 2.43 bits per heavy atom. The monoisotopic (exact) mass is 298 g/mol. The summed E-state index contributed by atoms with van der Waals surface area (Å²) < 4.78 is 0. The molecule has 1 heterocycles. The summed E-state index contributed by atoms with van der Waals surface area (Å²) in [7, 11) is 0. The highest BCUT2D eigenvalue weighted by Gasteiger charge is 2.10. The molecule has 2 aromatic carbocycles. The molecular formula is C19H14N4. The molecule has 0 fully saturated rings. The van der Waals surface area contributed by atoms with Gasteiger partial charge < -0.3 is 5.32 Å². The van der Waals surface area contributed by atoms with Crippen LogP contribution in [0.15, 0.2) is 54.6 Å². The Balaban J connectivity index is 1.97. The second-order valence-corrected chi connectivity index (χ2v) is 5.28. The van der Waals surface area contributed by atoms with Crippen LogP contribution in [0.5, 0.6) is 0 Å². The van der Waals surface area contributed by atoms with Gasteiger partial charge in [-0.25, -0.2) is 4.98 Å². The van der Waals surface area contributed by atoms with E-state index in [0.29, 0.717) is 11.3 Å². The molecule has 110 valence electrons. The summed E-state index contributed by atoms with van der Waals surface area (Å²) in [6.45, 7) is 2.04. The molecule has 0 bridgehead atoms. The Hall–Kier alpha value is -3.37. The fourth-order valence-electron chi connectivity index (χ4n) is 2.52. The van der Waals surface area contributed by atoms with E-state index in [2.05, 4.69) is 22.4 Å². The molecule has 3 rings (SSSR count). The highest BCUT2D eigenvalue weighted by Crippen LogP contribution is 2.27. The van der Waals surface area contributed by atoms with Crippen molar-refractivity contribution in [3.05, 3.63) is 71.4 Å². The molecule has 1 unspecified atom stereocenters. The smallest absolute Gasteiger partial charge is 0.143 e. The Labute approximate surface area is 134 Å². The van der Waals surface area contributed by atoms with E-state index in [1.54, 1.807) is 18.2 Å². The maximum Gasteiger partial charge on any atom is 0.143 e. The minimum absolute atomic E-state index is 0.0418. The van der Waals surface area contributed by atoms with Crippen LogP contribution in [0.4, 0.5) is 5.69 Å². The van der Waals surface area contributed by atoms with Crippen molar-refractivity contribution in [1.29, 1.82) is 10.5 Å². The van der Waals surface area contributed by atoms with Crippen LogP contribution in [-0.4, -0.2) is 4.98 Å². The van der Waals surface area contributed by atoms with Crippen molar-refractivity contribution in [2.75, 3.05) is 5.32 Å². The first-order chi connectivity index (χ1) is 11.2. The minimum Gasteiger partial charge on any atom is -0.378 e. The summed E-state index contributed by atoms with van der Waals surface area (Å²) in [5.41, 5.74) is 3.77. The van der Waals surface area contributed by atoms with E-state index in [0.717, 1.165) is 22.2 Å². The van der Waals surface area contributed by atoms with Crippen LogP contribution < -0.4 is 5.32 Å². The third kappa shape index (κ3) is 2.97. The summed E-state index contributed by atoms with van der Waals surface area (Å²) >= 11 is 0. The Morgan fingerprint density at radius 1 is 1.00 bits per heavy atom. The lowest BCUT2D eigenvalue weighted by Crippen LogP contribution is -2.07. The molecule has 0 aliphatic carbocycles. The van der Waals surface area contributed by atoms with Gasteiger partial charge in [0.15, 0.2) is 0 Å². The number of para-hydroxylation sites is 1. The number of aromatic nitrogens is 1. The van der Waals surface area contributed by atoms with Gasteiger partial charge >= 0.3 is 0 Å². The summed E-state index contributed by atoms with van der Waals surface area (Å²) in [6.07, 6.45) is 0. The molecule has 1 N–H and O–H groups in total. The molecule has 0 aliphatic rings. The Kier molecular flexibility index (Phi) is 3.91. The molecule has 4 nitrogen and oxygen atoms in total. The molecule has 1 aromatic heterocycles. The first-order valence-corrected chi connectivity index (χ1v) is 7.28. The molecule has 0 amide bonds. The summed E-state index contributed by atoms with van der Waals surface area (Å²) in [5.74, 6) is 0. The van der Waals surface area contributed by atoms with E-state index in [1.165, 1.54) is 0 Å². The number of hydrogen-bond donors (Lipinski definition) is 1. The van der Waals surface area contributed by atoms with Crippen molar-refractivity contribution in [2.45, 2.75) is 13.0 Å². The molecule has 0 spiro atoms. The van der Waals surface area contributed by atoms with Crippen molar-refractivity contribution in [1.82, 2.24) is 4.98 Å². The van der Waals surface area contributed by atoms with E-state index in [-0.39, 0.29) is 6.04 Å². The van der Waals surface area contributed by atoms with Gasteiger partial charge in [0.05, 0.1) is 17.1 Å². The van der Waals surface area contributed by atoms with Crippen molar-refractivity contribution in [3.63, 3.8) is 0 Å². The minimum atomic E-state index is 0.0418. The summed E-state index contributed by atoms with van der Waals surface area (Å²) in [5, 5.41) is 22.5. The molecule has 4 heteroatoms. The zero-order valence-electron chi connectivity index (χ0n) is 12.6. The number of rotatable bonds is 3. The quantitative estimate of drug-likeness (QED) is 0.788. The number of nitriles is 2. The van der Waals surface area contributed by atoms with Gasteiger partial charge in [-0.15, -0.1) is 0 Å². The molecule has 0 radical (unpaired) electrons. The van der Waals surface area contributed by atoms with E-state index in [4.69, 9.17) is 10.5 Å². The van der Waals surface area contributed by atoms with Crippen LogP contribution in [0.3, 0.4) is 0 Å². The fourth-order valence-corrected chi connectivity index (χ4v) is 2.52. The maximum absolute atomic E-state index is 9.16. The van der Waals surface area contributed by atoms with Gasteiger partial charge in [0.2, 0.25) is 0 Å². The molecule has 0 aliphatic heterocycles. The van der Waals surface area contributed by atoms with E-state index < -0.39 is 0 Å². The largest absolute Gasteiger partial charge is 0.378 e. The van der Waals surface area contributed by atoms with Crippen molar-refractivity contribution < 1.29 is 0 Å². The van der Waals surface area contributed by atoms with Crippen LogP contribution in [0, 0.1) is 22.7 Å². The zero-order chi connectivity index (χ0) is 16.2. The lowest BCUT2D eigenvalue weighted by atomic mass is 10.1. The standard InChI is InChI=1S/C19H14N4/c1-13(15-8-6-14(11-20)7-9-15)22-19-10-16(12-21)23-18-5-3-2-4-17(18)19/h2-10,13H,1H3,(H,22,23). The van der Waals surface area contributed by atoms with Crippen LogP contribution >= 0.6 is 0 Å². The van der Waals surface area contributed by atoms with Gasteiger partial charge in [-0.05, 0) is 36.8 Å². The average molecular weight is 298 g/mol. The number of benzene rings is 2. The molecule has 1 atom stereocenters. The third-order valence-electron chi connectivity index (χ3n) is 3.74. The second-order valence-electron chi connectivity index (χ2n) is 5.28. The molecule has 23 heavy (non-hydrogen) atoms. The Bertz CT molecular complexity index is 930. The number of nitrogens with zero attached hydrogens (tertiary/aromatic N) is 3. The number of pyridine rings is 1. The van der Waals surface area contributed by atoms with Gasteiger partial charge in [0, 0.05) is 17.1 Å². The normalized spacial score (nSPS) is 11.4. The second kappa shape index (κ2) is 6.17. The molecular weight excluding hydrogens is 284 g/mol.